The van der Waals surface area contributed by atoms with Gasteiger partial charge in [0.05, 0.1) is 19.2 Å². The number of esters is 1. The van der Waals surface area contributed by atoms with Crippen molar-refractivity contribution in [3.8, 4) is 0 Å². The molecule has 30 heavy (non-hydrogen) atoms. The van der Waals surface area contributed by atoms with Crippen molar-refractivity contribution < 1.29 is 23.5 Å². The number of pyridine rings is 1. The van der Waals surface area contributed by atoms with Crippen LogP contribution in [0.5, 0.6) is 0 Å². The van der Waals surface area contributed by atoms with Gasteiger partial charge >= 0.3 is 5.97 Å². The van der Waals surface area contributed by atoms with Crippen molar-refractivity contribution >= 4 is 23.5 Å². The smallest absolute Gasteiger partial charge is 0.339 e. The standard InChI is InChI=1S/C21H23FN4O4/c1-30-21(29)15-3-8-18(23-13-15)20(28)26-10-2-9-25(11-12-26)14-19(27)24-17-6-4-16(22)5-7-17/h3-8,13H,2,9-12,14H2,1H3,(H,24,27). The normalized spacial score (nSPS) is 14.7. The molecule has 1 fully saturated rings. The molecule has 8 nitrogen and oxygen atoms in total. The molecule has 0 unspecified atom stereocenters. The van der Waals surface area contributed by atoms with Gasteiger partial charge in [0.1, 0.15) is 11.5 Å². The van der Waals surface area contributed by atoms with Gasteiger partial charge in [-0.3, -0.25) is 19.5 Å². The lowest BCUT2D eigenvalue weighted by molar-refractivity contribution is -0.117. The van der Waals surface area contributed by atoms with Crippen molar-refractivity contribution in [2.75, 3.05) is 45.2 Å². The van der Waals surface area contributed by atoms with Crippen molar-refractivity contribution in [3.05, 3.63) is 59.7 Å². The zero-order valence-electron chi connectivity index (χ0n) is 16.6. The molecule has 0 saturated carbocycles. The van der Waals surface area contributed by atoms with Gasteiger partial charge in [-0.1, -0.05) is 0 Å². The fraction of sp³-hybridized carbons (Fsp3) is 0.333. The van der Waals surface area contributed by atoms with E-state index in [2.05, 4.69) is 15.0 Å². The number of halogens is 1. The Kier molecular flexibility index (Phi) is 7.08. The largest absolute Gasteiger partial charge is 0.465 e. The zero-order chi connectivity index (χ0) is 21.5. The second-order valence-corrected chi connectivity index (χ2v) is 6.90. The van der Waals surface area contributed by atoms with E-state index in [1.807, 2.05) is 4.90 Å². The Balaban J connectivity index is 1.52. The average molecular weight is 414 g/mol. The molecule has 0 atom stereocenters. The number of carbonyl (C=O) groups is 3. The highest BCUT2D eigenvalue weighted by atomic mass is 19.1. The van der Waals surface area contributed by atoms with E-state index >= 15 is 0 Å². The van der Waals surface area contributed by atoms with Crippen LogP contribution in [0.3, 0.4) is 0 Å². The number of hydrogen-bond donors (Lipinski definition) is 1. The van der Waals surface area contributed by atoms with Gasteiger partial charge < -0.3 is 15.0 Å². The lowest BCUT2D eigenvalue weighted by Crippen LogP contribution is -2.38. The third kappa shape index (κ3) is 5.60. The molecule has 158 valence electrons. The summed E-state index contributed by atoms with van der Waals surface area (Å²) in [5.74, 6) is -1.28. The Morgan fingerprint density at radius 1 is 1.07 bits per heavy atom. The summed E-state index contributed by atoms with van der Waals surface area (Å²) < 4.78 is 17.6. The highest BCUT2D eigenvalue weighted by molar-refractivity contribution is 5.94. The third-order valence-electron chi connectivity index (χ3n) is 4.77. The minimum absolute atomic E-state index is 0.186. The third-order valence-corrected chi connectivity index (χ3v) is 4.77. The number of anilines is 1. The first-order chi connectivity index (χ1) is 14.5. The van der Waals surface area contributed by atoms with Crippen LogP contribution in [0.25, 0.3) is 0 Å². The van der Waals surface area contributed by atoms with Crippen LogP contribution in [0.4, 0.5) is 10.1 Å². The molecule has 0 aliphatic carbocycles. The van der Waals surface area contributed by atoms with Crippen LogP contribution in [0.1, 0.15) is 27.3 Å². The van der Waals surface area contributed by atoms with E-state index < -0.39 is 5.97 Å². The molecule has 2 aromatic rings. The minimum atomic E-state index is -0.508. The van der Waals surface area contributed by atoms with Crippen molar-refractivity contribution in [1.29, 1.82) is 0 Å². The number of methoxy groups -OCH3 is 1. The first-order valence-corrected chi connectivity index (χ1v) is 9.57. The average Bonchev–Trinajstić information content (AvgIpc) is 3.00. The summed E-state index contributed by atoms with van der Waals surface area (Å²) in [4.78, 5) is 44.2. The fourth-order valence-corrected chi connectivity index (χ4v) is 3.19. The first-order valence-electron chi connectivity index (χ1n) is 9.57. The van der Waals surface area contributed by atoms with Gasteiger partial charge in [0.25, 0.3) is 5.91 Å². The Labute approximate surface area is 173 Å². The summed E-state index contributed by atoms with van der Waals surface area (Å²) in [6.45, 7) is 2.42. The molecule has 1 N–H and O–H groups in total. The molecule has 2 heterocycles. The summed E-state index contributed by atoms with van der Waals surface area (Å²) in [5, 5.41) is 2.74. The van der Waals surface area contributed by atoms with E-state index in [9.17, 15) is 18.8 Å². The molecule has 1 aromatic carbocycles. The fourth-order valence-electron chi connectivity index (χ4n) is 3.19. The van der Waals surface area contributed by atoms with E-state index in [0.717, 1.165) is 6.42 Å². The monoisotopic (exact) mass is 414 g/mol. The van der Waals surface area contributed by atoms with Crippen molar-refractivity contribution in [2.45, 2.75) is 6.42 Å². The number of nitrogens with zero attached hydrogens (tertiary/aromatic N) is 3. The Morgan fingerprint density at radius 2 is 1.83 bits per heavy atom. The van der Waals surface area contributed by atoms with Crippen LogP contribution in [-0.2, 0) is 9.53 Å². The molecule has 1 saturated heterocycles. The highest BCUT2D eigenvalue weighted by Crippen LogP contribution is 2.11. The van der Waals surface area contributed by atoms with E-state index in [-0.39, 0.29) is 35.4 Å². The summed E-state index contributed by atoms with van der Waals surface area (Å²) in [5.41, 5.74) is 1.07. The summed E-state index contributed by atoms with van der Waals surface area (Å²) in [7, 11) is 1.28. The van der Waals surface area contributed by atoms with Gasteiger partial charge in [0.2, 0.25) is 5.91 Å². The maximum absolute atomic E-state index is 13.0. The lowest BCUT2D eigenvalue weighted by atomic mass is 10.2. The van der Waals surface area contributed by atoms with Crippen LogP contribution in [0.15, 0.2) is 42.6 Å². The number of ether oxygens (including phenoxy) is 1. The molecule has 1 aliphatic heterocycles. The van der Waals surface area contributed by atoms with Gasteiger partial charge in [-0.05, 0) is 42.8 Å². The van der Waals surface area contributed by atoms with Crippen LogP contribution in [-0.4, -0.2) is 72.4 Å². The number of amides is 2. The zero-order valence-corrected chi connectivity index (χ0v) is 16.6. The molecule has 0 bridgehead atoms. The van der Waals surface area contributed by atoms with Gasteiger partial charge in [0, 0.05) is 38.1 Å². The van der Waals surface area contributed by atoms with E-state index in [1.165, 1.54) is 49.7 Å². The molecule has 1 aliphatic rings. The number of benzene rings is 1. The van der Waals surface area contributed by atoms with E-state index in [0.29, 0.717) is 31.9 Å². The summed E-state index contributed by atoms with van der Waals surface area (Å²) in [6.07, 6.45) is 2.04. The van der Waals surface area contributed by atoms with Gasteiger partial charge in [-0.15, -0.1) is 0 Å². The predicted molar refractivity (Wildman–Crippen MR) is 108 cm³/mol. The Hall–Kier alpha value is -3.33. The van der Waals surface area contributed by atoms with E-state index in [1.54, 1.807) is 4.90 Å². The van der Waals surface area contributed by atoms with Crippen molar-refractivity contribution in [2.24, 2.45) is 0 Å². The molecule has 2 amide bonds. The molecular formula is C21H23FN4O4. The number of aromatic nitrogens is 1. The maximum Gasteiger partial charge on any atom is 0.339 e. The van der Waals surface area contributed by atoms with Crippen molar-refractivity contribution in [3.63, 3.8) is 0 Å². The second-order valence-electron chi connectivity index (χ2n) is 6.90. The molecule has 0 spiro atoms. The maximum atomic E-state index is 13.0. The summed E-state index contributed by atoms with van der Waals surface area (Å²) >= 11 is 0. The summed E-state index contributed by atoms with van der Waals surface area (Å²) in [6, 6.07) is 8.61. The molecule has 0 radical (unpaired) electrons. The lowest BCUT2D eigenvalue weighted by Gasteiger charge is -2.21. The second kappa shape index (κ2) is 9.93. The van der Waals surface area contributed by atoms with Crippen LogP contribution in [0, 0.1) is 5.82 Å². The predicted octanol–water partition coefficient (Wildman–Crippen LogP) is 1.79. The number of nitrogens with one attached hydrogen (secondary N) is 1. The highest BCUT2D eigenvalue weighted by Gasteiger charge is 2.22. The Morgan fingerprint density at radius 3 is 2.50 bits per heavy atom. The minimum Gasteiger partial charge on any atom is -0.465 e. The van der Waals surface area contributed by atoms with Crippen LogP contribution >= 0.6 is 0 Å². The quantitative estimate of drug-likeness (QED) is 0.750. The number of rotatable bonds is 5. The first kappa shape index (κ1) is 21.4. The van der Waals surface area contributed by atoms with E-state index in [4.69, 9.17) is 0 Å². The van der Waals surface area contributed by atoms with Gasteiger partial charge in [0.15, 0.2) is 0 Å². The van der Waals surface area contributed by atoms with Crippen LogP contribution in [0.2, 0.25) is 0 Å². The number of hydrogen-bond acceptors (Lipinski definition) is 6. The van der Waals surface area contributed by atoms with Gasteiger partial charge in [-0.25, -0.2) is 9.18 Å². The number of carbonyl (C=O) groups excluding carboxylic acids is 3. The molecule has 9 heteroatoms. The Bertz CT molecular complexity index is 902. The SMILES string of the molecule is COC(=O)c1ccc(C(=O)N2CCCN(CC(=O)Nc3ccc(F)cc3)CC2)nc1. The molecule has 3 rings (SSSR count). The molecule has 1 aromatic heterocycles. The van der Waals surface area contributed by atoms with Gasteiger partial charge in [-0.2, -0.15) is 0 Å². The van der Waals surface area contributed by atoms with Crippen molar-refractivity contribution in [1.82, 2.24) is 14.8 Å². The van der Waals surface area contributed by atoms with Crippen LogP contribution < -0.4 is 5.32 Å². The molecular weight excluding hydrogens is 391 g/mol. The topological polar surface area (TPSA) is 91.8 Å².